The van der Waals surface area contributed by atoms with E-state index < -0.39 is 0 Å². The van der Waals surface area contributed by atoms with Gasteiger partial charge in [0.15, 0.2) is 5.17 Å². The molecular formula is C24H27BrN2O2S. The molecule has 2 aromatic carbocycles. The van der Waals surface area contributed by atoms with E-state index in [1.54, 1.807) is 0 Å². The number of ether oxygens (including phenoxy) is 1. The molecule has 1 saturated heterocycles. The Morgan fingerprint density at radius 3 is 2.53 bits per heavy atom. The first-order chi connectivity index (χ1) is 14.7. The number of amidine groups is 1. The maximum absolute atomic E-state index is 12.3. The number of nitrogens with one attached hydrogen (secondary N) is 1. The molecule has 158 valence electrons. The van der Waals surface area contributed by atoms with Crippen molar-refractivity contribution in [3.8, 4) is 5.75 Å². The first-order valence-electron chi connectivity index (χ1n) is 10.4. The van der Waals surface area contributed by atoms with E-state index in [2.05, 4.69) is 33.2 Å². The van der Waals surface area contributed by atoms with Crippen molar-refractivity contribution in [2.24, 2.45) is 4.99 Å². The van der Waals surface area contributed by atoms with Crippen LogP contribution in [0.2, 0.25) is 0 Å². The second-order valence-electron chi connectivity index (χ2n) is 7.12. The largest absolute Gasteiger partial charge is 0.494 e. The fourth-order valence-electron chi connectivity index (χ4n) is 3.02. The molecule has 1 aliphatic rings. The average Bonchev–Trinajstić information content (AvgIpc) is 3.09. The molecule has 6 heteroatoms. The van der Waals surface area contributed by atoms with E-state index in [4.69, 9.17) is 4.74 Å². The van der Waals surface area contributed by atoms with Crippen LogP contribution in [0.3, 0.4) is 0 Å². The van der Waals surface area contributed by atoms with Crippen LogP contribution < -0.4 is 10.1 Å². The van der Waals surface area contributed by atoms with Crippen LogP contribution in [0.25, 0.3) is 6.08 Å². The van der Waals surface area contributed by atoms with Gasteiger partial charge in [0.1, 0.15) is 5.75 Å². The van der Waals surface area contributed by atoms with Gasteiger partial charge in [0, 0.05) is 4.47 Å². The van der Waals surface area contributed by atoms with Crippen LogP contribution in [0.15, 0.2) is 62.9 Å². The van der Waals surface area contributed by atoms with Crippen LogP contribution >= 0.6 is 27.7 Å². The molecule has 1 heterocycles. The van der Waals surface area contributed by atoms with Crippen molar-refractivity contribution >= 4 is 50.5 Å². The molecule has 3 rings (SSSR count). The molecule has 1 amide bonds. The van der Waals surface area contributed by atoms with E-state index in [0.29, 0.717) is 10.1 Å². The number of carbonyl (C=O) groups is 1. The number of hydrogen-bond acceptors (Lipinski definition) is 4. The van der Waals surface area contributed by atoms with Gasteiger partial charge >= 0.3 is 0 Å². The molecule has 0 radical (unpaired) electrons. The summed E-state index contributed by atoms with van der Waals surface area (Å²) in [6, 6.07) is 15.5. The van der Waals surface area contributed by atoms with Gasteiger partial charge < -0.3 is 10.1 Å². The molecule has 30 heavy (non-hydrogen) atoms. The van der Waals surface area contributed by atoms with Gasteiger partial charge in [-0.25, -0.2) is 4.99 Å². The fraction of sp³-hybridized carbons (Fsp3) is 0.333. The molecule has 0 atom stereocenters. The second-order valence-corrected chi connectivity index (χ2v) is 9.00. The highest BCUT2D eigenvalue weighted by molar-refractivity contribution is 9.10. The highest BCUT2D eigenvalue weighted by Gasteiger charge is 2.24. The monoisotopic (exact) mass is 486 g/mol. The lowest BCUT2D eigenvalue weighted by Gasteiger charge is -2.06. The summed E-state index contributed by atoms with van der Waals surface area (Å²) in [7, 11) is 0. The Balaban J connectivity index is 1.52. The minimum atomic E-state index is -0.130. The lowest BCUT2D eigenvalue weighted by Crippen LogP contribution is -2.19. The zero-order chi connectivity index (χ0) is 21.2. The van der Waals surface area contributed by atoms with Gasteiger partial charge in [0.25, 0.3) is 5.91 Å². The van der Waals surface area contributed by atoms with E-state index in [1.165, 1.54) is 43.9 Å². The summed E-state index contributed by atoms with van der Waals surface area (Å²) >= 11 is 4.82. The van der Waals surface area contributed by atoms with Crippen molar-refractivity contribution in [1.82, 2.24) is 5.32 Å². The molecule has 2 aromatic rings. The first kappa shape index (κ1) is 22.6. The summed E-state index contributed by atoms with van der Waals surface area (Å²) in [4.78, 5) is 17.4. The topological polar surface area (TPSA) is 50.7 Å². The minimum Gasteiger partial charge on any atom is -0.494 e. The molecule has 0 aliphatic carbocycles. The Bertz CT molecular complexity index is 910. The number of unbranched alkanes of at least 4 members (excludes halogenated alkanes) is 5. The van der Waals surface area contributed by atoms with Crippen molar-refractivity contribution in [3.05, 3.63) is 63.5 Å². The predicted octanol–water partition coefficient (Wildman–Crippen LogP) is 7.08. The van der Waals surface area contributed by atoms with E-state index in [9.17, 15) is 4.79 Å². The van der Waals surface area contributed by atoms with Crippen LogP contribution in [-0.2, 0) is 4.79 Å². The van der Waals surface area contributed by atoms with Gasteiger partial charge in [0.2, 0.25) is 0 Å². The zero-order valence-electron chi connectivity index (χ0n) is 17.2. The number of nitrogens with zero attached hydrogens (tertiary/aromatic N) is 1. The van der Waals surface area contributed by atoms with E-state index in [0.717, 1.165) is 34.5 Å². The molecule has 1 fully saturated rings. The molecule has 0 unspecified atom stereocenters. The van der Waals surface area contributed by atoms with Crippen LogP contribution in [0.4, 0.5) is 5.69 Å². The standard InChI is InChI=1S/C24H27BrN2O2S/c1-2-3-4-5-6-9-16-29-19-14-12-18(13-15-19)17-22-23(28)27-24(30-22)26-21-11-8-7-10-20(21)25/h7-8,10-15,17H,2-6,9,16H2,1H3,(H,26,27,28)/b22-17-. The molecular weight excluding hydrogens is 460 g/mol. The van der Waals surface area contributed by atoms with Gasteiger partial charge in [-0.1, -0.05) is 63.3 Å². The SMILES string of the molecule is CCCCCCCCOc1ccc(/C=C2\SC(=Nc3ccccc3Br)NC2=O)cc1. The Labute approximate surface area is 191 Å². The Kier molecular flexibility index (Phi) is 9.02. The smallest absolute Gasteiger partial charge is 0.264 e. The van der Waals surface area contributed by atoms with Gasteiger partial charge in [-0.2, -0.15) is 0 Å². The maximum Gasteiger partial charge on any atom is 0.264 e. The summed E-state index contributed by atoms with van der Waals surface area (Å²) in [5.41, 5.74) is 1.75. The molecule has 0 spiro atoms. The summed E-state index contributed by atoms with van der Waals surface area (Å²) in [5, 5.41) is 3.40. The van der Waals surface area contributed by atoms with Gasteiger partial charge in [-0.05, 0) is 70.0 Å². The van der Waals surface area contributed by atoms with Crippen LogP contribution in [0.5, 0.6) is 5.75 Å². The Hall–Kier alpha value is -2.05. The molecule has 1 aliphatic heterocycles. The highest BCUT2D eigenvalue weighted by Crippen LogP contribution is 2.31. The molecule has 1 N–H and O–H groups in total. The Morgan fingerprint density at radius 2 is 1.77 bits per heavy atom. The van der Waals surface area contributed by atoms with Crippen LogP contribution in [0.1, 0.15) is 51.0 Å². The van der Waals surface area contributed by atoms with Crippen LogP contribution in [0, 0.1) is 0 Å². The number of benzene rings is 2. The number of carbonyl (C=O) groups excluding carboxylic acids is 1. The third kappa shape index (κ3) is 7.03. The second kappa shape index (κ2) is 12.0. The molecule has 4 nitrogen and oxygen atoms in total. The average molecular weight is 487 g/mol. The lowest BCUT2D eigenvalue weighted by atomic mass is 10.1. The van der Waals surface area contributed by atoms with Crippen molar-refractivity contribution in [3.63, 3.8) is 0 Å². The summed E-state index contributed by atoms with van der Waals surface area (Å²) in [6.45, 7) is 2.98. The number of para-hydroxylation sites is 1. The summed E-state index contributed by atoms with van der Waals surface area (Å²) in [6.07, 6.45) is 9.39. The number of aliphatic imine (C=N–C) groups is 1. The van der Waals surface area contributed by atoms with Crippen molar-refractivity contribution in [2.75, 3.05) is 6.61 Å². The lowest BCUT2D eigenvalue weighted by molar-refractivity contribution is -0.115. The zero-order valence-corrected chi connectivity index (χ0v) is 19.6. The van der Waals surface area contributed by atoms with E-state index in [-0.39, 0.29) is 5.91 Å². The molecule has 0 bridgehead atoms. The van der Waals surface area contributed by atoms with Gasteiger partial charge in [-0.3, -0.25) is 4.79 Å². The summed E-state index contributed by atoms with van der Waals surface area (Å²) < 4.78 is 6.71. The minimum absolute atomic E-state index is 0.130. The van der Waals surface area contributed by atoms with Crippen molar-refractivity contribution in [2.45, 2.75) is 45.4 Å². The number of halogens is 1. The van der Waals surface area contributed by atoms with Gasteiger partial charge in [-0.15, -0.1) is 0 Å². The summed E-state index contributed by atoms with van der Waals surface area (Å²) in [5.74, 6) is 0.736. The molecule has 0 saturated carbocycles. The normalized spacial score (nSPS) is 16.3. The number of amides is 1. The van der Waals surface area contributed by atoms with Gasteiger partial charge in [0.05, 0.1) is 17.2 Å². The fourth-order valence-corrected chi connectivity index (χ4v) is 4.22. The van der Waals surface area contributed by atoms with Crippen molar-refractivity contribution in [1.29, 1.82) is 0 Å². The third-order valence-corrected chi connectivity index (χ3v) is 6.25. The number of rotatable bonds is 10. The predicted molar refractivity (Wildman–Crippen MR) is 130 cm³/mol. The number of hydrogen-bond donors (Lipinski definition) is 1. The highest BCUT2D eigenvalue weighted by atomic mass is 79.9. The third-order valence-electron chi connectivity index (χ3n) is 4.67. The van der Waals surface area contributed by atoms with Crippen LogP contribution in [-0.4, -0.2) is 17.7 Å². The van der Waals surface area contributed by atoms with E-state index >= 15 is 0 Å². The van der Waals surface area contributed by atoms with Crippen molar-refractivity contribution < 1.29 is 9.53 Å². The number of thioether (sulfide) groups is 1. The Morgan fingerprint density at radius 1 is 1.03 bits per heavy atom. The first-order valence-corrected chi connectivity index (χ1v) is 12.0. The van der Waals surface area contributed by atoms with E-state index in [1.807, 2.05) is 54.6 Å². The molecule has 0 aromatic heterocycles. The maximum atomic E-state index is 12.3. The quantitative estimate of drug-likeness (QED) is 0.288.